The molecule has 2 N–H and O–H groups in total. The van der Waals surface area contributed by atoms with E-state index in [1.807, 2.05) is 37.8 Å². The van der Waals surface area contributed by atoms with Crippen molar-refractivity contribution in [2.24, 2.45) is 7.05 Å². The molecule has 8 nitrogen and oxygen atoms in total. The molecule has 2 fully saturated rings. The van der Waals surface area contributed by atoms with Crippen LogP contribution < -0.4 is 15.5 Å². The van der Waals surface area contributed by atoms with Gasteiger partial charge in [-0.2, -0.15) is 10.1 Å². The smallest absolute Gasteiger partial charge is 0.246 e. The molecule has 8 heteroatoms. The third kappa shape index (κ3) is 3.04. The number of carbonyl (C=O) groups is 1. The average Bonchev–Trinajstić information content (AvgIpc) is 3.57. The Morgan fingerprint density at radius 2 is 1.94 bits per heavy atom. The predicted molar refractivity (Wildman–Crippen MR) is 123 cm³/mol. The molecule has 3 aromatic rings. The van der Waals surface area contributed by atoms with Crippen molar-refractivity contribution in [1.82, 2.24) is 25.1 Å². The lowest BCUT2D eigenvalue weighted by Gasteiger charge is -2.38. The van der Waals surface area contributed by atoms with E-state index in [4.69, 9.17) is 4.98 Å². The Bertz CT molecular complexity index is 1170. The molecule has 4 heterocycles. The third-order valence-electron chi connectivity index (χ3n) is 7.13. The Balaban J connectivity index is 1.29. The van der Waals surface area contributed by atoms with E-state index >= 15 is 0 Å². The number of carbonyl (C=O) groups excluding carboxylic acids is 1. The molecule has 0 bridgehead atoms. The quantitative estimate of drug-likeness (QED) is 0.662. The molecule has 1 spiro atoms. The number of amides is 1. The Morgan fingerprint density at radius 3 is 2.62 bits per heavy atom. The maximum absolute atomic E-state index is 12.9. The second kappa shape index (κ2) is 7.32. The van der Waals surface area contributed by atoms with Crippen LogP contribution in [-0.4, -0.2) is 43.8 Å². The lowest BCUT2D eigenvalue weighted by atomic mass is 9.91. The van der Waals surface area contributed by atoms with E-state index in [0.717, 1.165) is 54.0 Å². The van der Waals surface area contributed by atoms with Crippen LogP contribution in [0.15, 0.2) is 42.9 Å². The van der Waals surface area contributed by atoms with Gasteiger partial charge in [-0.05, 0) is 37.0 Å². The zero-order chi connectivity index (χ0) is 21.7. The summed E-state index contributed by atoms with van der Waals surface area (Å²) >= 11 is 0. The van der Waals surface area contributed by atoms with Gasteiger partial charge < -0.3 is 15.5 Å². The van der Waals surface area contributed by atoms with Crippen LogP contribution in [-0.2, 0) is 18.3 Å². The predicted octanol–water partition coefficient (Wildman–Crippen LogP) is 3.18. The summed E-state index contributed by atoms with van der Waals surface area (Å²) < 4.78 is 1.80. The highest BCUT2D eigenvalue weighted by Crippen LogP contribution is 2.46. The Kier molecular flexibility index (Phi) is 4.41. The molecule has 2 aliphatic heterocycles. The summed E-state index contributed by atoms with van der Waals surface area (Å²) in [7, 11) is 1.92. The van der Waals surface area contributed by atoms with E-state index in [2.05, 4.69) is 37.7 Å². The van der Waals surface area contributed by atoms with E-state index in [-0.39, 0.29) is 5.91 Å². The maximum atomic E-state index is 12.9. The minimum atomic E-state index is -0.490. The van der Waals surface area contributed by atoms with Gasteiger partial charge in [0.15, 0.2) is 0 Å². The van der Waals surface area contributed by atoms with Crippen LogP contribution in [0.5, 0.6) is 0 Å². The van der Waals surface area contributed by atoms with Gasteiger partial charge in [0.05, 0.1) is 6.20 Å². The monoisotopic (exact) mass is 429 g/mol. The molecule has 1 aromatic carbocycles. The van der Waals surface area contributed by atoms with E-state index in [1.54, 1.807) is 4.68 Å². The van der Waals surface area contributed by atoms with Crippen LogP contribution >= 0.6 is 0 Å². The maximum Gasteiger partial charge on any atom is 0.246 e. The molecule has 3 aliphatic rings. The van der Waals surface area contributed by atoms with Crippen LogP contribution in [0.25, 0.3) is 11.1 Å². The second-order valence-electron chi connectivity index (χ2n) is 9.17. The largest absolute Gasteiger partial charge is 0.354 e. The Morgan fingerprint density at radius 1 is 1.12 bits per heavy atom. The lowest BCUT2D eigenvalue weighted by Crippen LogP contribution is -2.56. The first kappa shape index (κ1) is 19.3. The van der Waals surface area contributed by atoms with E-state index < -0.39 is 5.54 Å². The number of aryl methyl sites for hydroxylation is 1. The van der Waals surface area contributed by atoms with Gasteiger partial charge in [-0.3, -0.25) is 9.48 Å². The fraction of sp³-hybridized carbons (Fsp3) is 0.417. The van der Waals surface area contributed by atoms with Crippen LogP contribution in [0, 0.1) is 0 Å². The molecule has 0 unspecified atom stereocenters. The standard InChI is InChI=1S/C24H27N7O/c1-30-15-18(14-27-30)16-6-8-19(9-7-16)28-23-26-13-17-12-24(10-11-25-22(24)32)31(21(17)29-23)20-4-2-3-5-20/h6-9,13-15,20H,2-5,10-12H2,1H3,(H,25,32)(H,26,28,29)/t24-/m1/s1. The first-order valence-corrected chi connectivity index (χ1v) is 11.4. The third-order valence-corrected chi connectivity index (χ3v) is 7.13. The minimum absolute atomic E-state index is 0.142. The summed E-state index contributed by atoms with van der Waals surface area (Å²) in [6.45, 7) is 0.734. The molecule has 1 amide bonds. The van der Waals surface area contributed by atoms with Gasteiger partial charge in [0, 0.05) is 55.3 Å². The van der Waals surface area contributed by atoms with Gasteiger partial charge >= 0.3 is 0 Å². The summed E-state index contributed by atoms with van der Waals surface area (Å²) in [5.74, 6) is 1.64. The fourth-order valence-corrected chi connectivity index (χ4v) is 5.58. The van der Waals surface area contributed by atoms with Crippen molar-refractivity contribution in [2.45, 2.75) is 50.1 Å². The summed E-state index contributed by atoms with van der Waals surface area (Å²) in [4.78, 5) is 24.8. The highest BCUT2D eigenvalue weighted by molar-refractivity contribution is 5.94. The number of rotatable bonds is 4. The van der Waals surface area contributed by atoms with Gasteiger partial charge in [-0.25, -0.2) is 4.98 Å². The molecule has 1 aliphatic carbocycles. The van der Waals surface area contributed by atoms with Crippen LogP contribution in [0.1, 0.15) is 37.7 Å². The first-order chi connectivity index (χ1) is 15.6. The van der Waals surface area contributed by atoms with E-state index in [0.29, 0.717) is 18.4 Å². The molecule has 1 atom stereocenters. The van der Waals surface area contributed by atoms with Gasteiger partial charge in [0.2, 0.25) is 11.9 Å². The molecule has 32 heavy (non-hydrogen) atoms. The van der Waals surface area contributed by atoms with Gasteiger partial charge in [0.25, 0.3) is 0 Å². The number of aromatic nitrogens is 4. The summed E-state index contributed by atoms with van der Waals surface area (Å²) in [5, 5.41) is 10.7. The van der Waals surface area contributed by atoms with Gasteiger partial charge in [-0.15, -0.1) is 0 Å². The highest BCUT2D eigenvalue weighted by atomic mass is 16.2. The van der Waals surface area contributed by atoms with Crippen LogP contribution in [0.3, 0.4) is 0 Å². The number of anilines is 3. The molecular weight excluding hydrogens is 402 g/mol. The SMILES string of the molecule is Cn1cc(-c2ccc(Nc3ncc4c(n3)N(C3CCCC3)[C@]3(CCNC3=O)C4)cc2)cn1. The topological polar surface area (TPSA) is 88.0 Å². The summed E-state index contributed by atoms with van der Waals surface area (Å²) in [5.41, 5.74) is 3.71. The number of nitrogens with one attached hydrogen (secondary N) is 2. The zero-order valence-electron chi connectivity index (χ0n) is 18.2. The lowest BCUT2D eigenvalue weighted by molar-refractivity contribution is -0.123. The minimum Gasteiger partial charge on any atom is -0.354 e. The van der Waals surface area contributed by atoms with Crippen molar-refractivity contribution in [3.8, 4) is 11.1 Å². The Hall–Kier alpha value is -3.42. The number of hydrogen-bond donors (Lipinski definition) is 2. The molecule has 164 valence electrons. The molecule has 6 rings (SSSR count). The Labute approximate surface area is 187 Å². The normalized spacial score (nSPS) is 22.5. The van der Waals surface area contributed by atoms with Gasteiger partial charge in [0.1, 0.15) is 11.4 Å². The van der Waals surface area contributed by atoms with Crippen molar-refractivity contribution in [2.75, 3.05) is 16.8 Å². The molecule has 1 saturated carbocycles. The first-order valence-electron chi connectivity index (χ1n) is 11.4. The number of hydrogen-bond acceptors (Lipinski definition) is 6. The van der Waals surface area contributed by atoms with Crippen molar-refractivity contribution < 1.29 is 4.79 Å². The highest BCUT2D eigenvalue weighted by Gasteiger charge is 2.55. The van der Waals surface area contributed by atoms with Crippen molar-refractivity contribution in [3.05, 3.63) is 48.4 Å². The van der Waals surface area contributed by atoms with Crippen molar-refractivity contribution in [3.63, 3.8) is 0 Å². The summed E-state index contributed by atoms with van der Waals surface area (Å²) in [6.07, 6.45) is 12.0. The second-order valence-corrected chi connectivity index (χ2v) is 9.17. The molecule has 0 radical (unpaired) electrons. The average molecular weight is 430 g/mol. The number of benzene rings is 1. The van der Waals surface area contributed by atoms with Crippen molar-refractivity contribution >= 4 is 23.4 Å². The fourth-order valence-electron chi connectivity index (χ4n) is 5.58. The van der Waals surface area contributed by atoms with E-state index in [1.165, 1.54) is 12.8 Å². The van der Waals surface area contributed by atoms with Crippen LogP contribution in [0.4, 0.5) is 17.5 Å². The van der Waals surface area contributed by atoms with E-state index in [9.17, 15) is 4.79 Å². The number of nitrogens with zero attached hydrogens (tertiary/aromatic N) is 5. The van der Waals surface area contributed by atoms with Crippen LogP contribution in [0.2, 0.25) is 0 Å². The molecule has 1 saturated heterocycles. The zero-order valence-corrected chi connectivity index (χ0v) is 18.2. The van der Waals surface area contributed by atoms with Gasteiger partial charge in [-0.1, -0.05) is 25.0 Å². The number of fused-ring (bicyclic) bond motifs is 1. The molecule has 2 aromatic heterocycles. The van der Waals surface area contributed by atoms with Crippen molar-refractivity contribution in [1.29, 1.82) is 0 Å². The molecular formula is C24H27N7O. The summed E-state index contributed by atoms with van der Waals surface area (Å²) in [6, 6.07) is 8.56.